The van der Waals surface area contributed by atoms with Crippen LogP contribution in [0.15, 0.2) is 229 Å². The number of rotatable bonds is 10. The number of benzene rings is 6. The maximum atomic E-state index is 5.15. The second-order valence-corrected chi connectivity index (χ2v) is 12.4. The van der Waals surface area contributed by atoms with E-state index in [0.717, 1.165) is 44.8 Å². The summed E-state index contributed by atoms with van der Waals surface area (Å²) in [6, 6.07) is 70.8. The standard InChI is InChI=1S/2C24H20N2/c2*1-4-11-20(12-5-1)24(21-13-6-2-7-14-21,22-15-8-3-9-16-22)26-19-23-17-10-18-25-23/h2*1-19,25H. The summed E-state index contributed by atoms with van der Waals surface area (Å²) in [5.74, 6) is 0. The third-order valence-electron chi connectivity index (χ3n) is 9.19. The van der Waals surface area contributed by atoms with Crippen LogP contribution in [0.4, 0.5) is 0 Å². The molecule has 252 valence electrons. The molecular formula is C48H40N4. The average molecular weight is 673 g/mol. The van der Waals surface area contributed by atoms with Gasteiger partial charge in [0.25, 0.3) is 0 Å². The molecule has 0 unspecified atom stereocenters. The largest absolute Gasteiger partial charge is 0.360 e. The van der Waals surface area contributed by atoms with E-state index in [1.54, 1.807) is 0 Å². The number of aromatic amines is 2. The van der Waals surface area contributed by atoms with E-state index in [1.165, 1.54) is 0 Å². The lowest BCUT2D eigenvalue weighted by atomic mass is 9.77. The van der Waals surface area contributed by atoms with Crippen molar-refractivity contribution < 1.29 is 0 Å². The van der Waals surface area contributed by atoms with E-state index >= 15 is 0 Å². The van der Waals surface area contributed by atoms with Crippen LogP contribution in [0.3, 0.4) is 0 Å². The first-order valence-corrected chi connectivity index (χ1v) is 17.5. The highest BCUT2D eigenvalue weighted by Gasteiger charge is 2.36. The molecule has 8 aromatic rings. The van der Waals surface area contributed by atoms with Gasteiger partial charge in [0.2, 0.25) is 0 Å². The molecule has 0 bridgehead atoms. The number of aromatic nitrogens is 2. The molecule has 52 heavy (non-hydrogen) atoms. The van der Waals surface area contributed by atoms with Gasteiger partial charge in [-0.1, -0.05) is 182 Å². The Hall–Kier alpha value is -6.78. The van der Waals surface area contributed by atoms with E-state index in [1.807, 2.05) is 85.5 Å². The van der Waals surface area contributed by atoms with Gasteiger partial charge in [0.1, 0.15) is 11.1 Å². The molecule has 0 fully saturated rings. The molecule has 4 heteroatoms. The lowest BCUT2D eigenvalue weighted by molar-refractivity contribution is 0.659. The van der Waals surface area contributed by atoms with Crippen molar-refractivity contribution in [3.63, 3.8) is 0 Å². The maximum absolute atomic E-state index is 5.15. The molecule has 0 aliphatic carbocycles. The molecule has 0 radical (unpaired) electrons. The second-order valence-electron chi connectivity index (χ2n) is 12.4. The normalized spacial score (nSPS) is 11.7. The fraction of sp³-hybridized carbons (Fsp3) is 0.0417. The summed E-state index contributed by atoms with van der Waals surface area (Å²) in [6.45, 7) is 0. The lowest BCUT2D eigenvalue weighted by Gasteiger charge is -2.32. The minimum absolute atomic E-state index is 0.602. The number of H-pyrrole nitrogens is 2. The number of hydrogen-bond donors (Lipinski definition) is 2. The van der Waals surface area contributed by atoms with Crippen molar-refractivity contribution in [1.82, 2.24) is 9.97 Å². The van der Waals surface area contributed by atoms with Crippen LogP contribution < -0.4 is 0 Å². The van der Waals surface area contributed by atoms with Crippen molar-refractivity contribution in [2.45, 2.75) is 11.1 Å². The van der Waals surface area contributed by atoms with Crippen LogP contribution in [-0.2, 0) is 11.1 Å². The van der Waals surface area contributed by atoms with Crippen LogP contribution in [0, 0.1) is 0 Å². The highest BCUT2D eigenvalue weighted by atomic mass is 14.9. The Morgan fingerprint density at radius 3 is 0.712 bits per heavy atom. The Bertz CT molecular complexity index is 1890. The van der Waals surface area contributed by atoms with Gasteiger partial charge in [-0.05, 0) is 57.6 Å². The Labute approximate surface area is 306 Å². The van der Waals surface area contributed by atoms with Crippen molar-refractivity contribution in [1.29, 1.82) is 0 Å². The minimum atomic E-state index is -0.602. The molecule has 0 spiro atoms. The molecule has 2 aromatic heterocycles. The second kappa shape index (κ2) is 16.3. The summed E-state index contributed by atoms with van der Waals surface area (Å²) in [7, 11) is 0. The highest BCUT2D eigenvalue weighted by Crippen LogP contribution is 2.41. The van der Waals surface area contributed by atoms with Gasteiger partial charge in [0.05, 0.1) is 11.4 Å². The van der Waals surface area contributed by atoms with Crippen LogP contribution in [0.1, 0.15) is 44.8 Å². The Kier molecular flexibility index (Phi) is 10.6. The molecule has 0 aliphatic rings. The zero-order valence-corrected chi connectivity index (χ0v) is 28.8. The Morgan fingerprint density at radius 1 is 0.288 bits per heavy atom. The third kappa shape index (κ3) is 7.23. The molecule has 0 aliphatic heterocycles. The van der Waals surface area contributed by atoms with E-state index in [9.17, 15) is 0 Å². The van der Waals surface area contributed by atoms with Crippen molar-refractivity contribution in [2.24, 2.45) is 9.98 Å². The van der Waals surface area contributed by atoms with Crippen LogP contribution in [0.5, 0.6) is 0 Å². The molecule has 0 saturated carbocycles. The van der Waals surface area contributed by atoms with E-state index in [-0.39, 0.29) is 0 Å². The number of aliphatic imine (C=N–C) groups is 2. The summed E-state index contributed by atoms with van der Waals surface area (Å²) in [5.41, 5.74) is 7.60. The molecule has 0 amide bonds. The average Bonchev–Trinajstić information content (AvgIpc) is 3.97. The quantitative estimate of drug-likeness (QED) is 0.107. The highest BCUT2D eigenvalue weighted by molar-refractivity contribution is 5.79. The van der Waals surface area contributed by atoms with Gasteiger partial charge in [-0.2, -0.15) is 0 Å². The van der Waals surface area contributed by atoms with Gasteiger partial charge in [-0.25, -0.2) is 0 Å². The molecule has 4 nitrogen and oxygen atoms in total. The van der Waals surface area contributed by atoms with Gasteiger partial charge in [0.15, 0.2) is 0 Å². The number of nitrogens with zero attached hydrogens (tertiary/aromatic N) is 2. The summed E-state index contributed by atoms with van der Waals surface area (Å²) in [5, 5.41) is 0. The van der Waals surface area contributed by atoms with Crippen LogP contribution in [0.25, 0.3) is 0 Å². The van der Waals surface area contributed by atoms with E-state index in [2.05, 4.69) is 156 Å². The third-order valence-corrected chi connectivity index (χ3v) is 9.19. The smallest absolute Gasteiger partial charge is 0.136 e. The summed E-state index contributed by atoms with van der Waals surface area (Å²) < 4.78 is 0. The van der Waals surface area contributed by atoms with Gasteiger partial charge in [-0.3, -0.25) is 9.98 Å². The number of hydrogen-bond acceptors (Lipinski definition) is 2. The zero-order chi connectivity index (χ0) is 35.3. The van der Waals surface area contributed by atoms with E-state index in [4.69, 9.17) is 9.98 Å². The van der Waals surface area contributed by atoms with E-state index < -0.39 is 11.1 Å². The molecule has 0 saturated heterocycles. The predicted molar refractivity (Wildman–Crippen MR) is 215 cm³/mol. The van der Waals surface area contributed by atoms with Gasteiger partial charge >= 0.3 is 0 Å². The molecule has 6 aromatic carbocycles. The summed E-state index contributed by atoms with van der Waals surface area (Å²) >= 11 is 0. The molecule has 2 heterocycles. The minimum Gasteiger partial charge on any atom is -0.360 e. The van der Waals surface area contributed by atoms with Crippen molar-refractivity contribution in [3.8, 4) is 0 Å². The van der Waals surface area contributed by atoms with Crippen molar-refractivity contribution in [2.75, 3.05) is 0 Å². The number of nitrogens with one attached hydrogen (secondary N) is 2. The van der Waals surface area contributed by atoms with Crippen molar-refractivity contribution in [3.05, 3.63) is 263 Å². The van der Waals surface area contributed by atoms with Crippen LogP contribution in [0.2, 0.25) is 0 Å². The Morgan fingerprint density at radius 2 is 0.519 bits per heavy atom. The molecular weight excluding hydrogens is 633 g/mol. The monoisotopic (exact) mass is 672 g/mol. The lowest BCUT2D eigenvalue weighted by Crippen LogP contribution is -2.27. The topological polar surface area (TPSA) is 56.3 Å². The summed E-state index contributed by atoms with van der Waals surface area (Å²) in [6.07, 6.45) is 7.67. The first-order chi connectivity index (χ1) is 25.8. The van der Waals surface area contributed by atoms with Gasteiger partial charge < -0.3 is 9.97 Å². The van der Waals surface area contributed by atoms with Crippen LogP contribution >= 0.6 is 0 Å². The molecule has 8 rings (SSSR count). The van der Waals surface area contributed by atoms with Crippen LogP contribution in [-0.4, -0.2) is 22.4 Å². The zero-order valence-electron chi connectivity index (χ0n) is 28.8. The SMILES string of the molecule is C(=NC(c1ccccc1)(c1ccccc1)c1ccccc1)c1ccc[nH]1.C(=NC(c1ccccc1)(c1ccccc1)c1ccccc1)c1ccc[nH]1. The van der Waals surface area contributed by atoms with Gasteiger partial charge in [-0.15, -0.1) is 0 Å². The first kappa shape index (κ1) is 33.7. The first-order valence-electron chi connectivity index (χ1n) is 17.5. The summed E-state index contributed by atoms with van der Waals surface area (Å²) in [4.78, 5) is 16.7. The molecule has 0 atom stereocenters. The predicted octanol–water partition coefficient (Wildman–Crippen LogP) is 10.9. The fourth-order valence-corrected chi connectivity index (χ4v) is 6.71. The van der Waals surface area contributed by atoms with Gasteiger partial charge in [0, 0.05) is 24.8 Å². The fourth-order valence-electron chi connectivity index (χ4n) is 6.71. The Balaban J connectivity index is 0.000000162. The van der Waals surface area contributed by atoms with Crippen molar-refractivity contribution >= 4 is 12.4 Å². The maximum Gasteiger partial charge on any atom is 0.136 e. The molecule has 2 N–H and O–H groups in total. The van der Waals surface area contributed by atoms with E-state index in [0.29, 0.717) is 0 Å².